The smallest absolute Gasteiger partial charge is 0.264 e. The molecule has 0 aliphatic rings. The third kappa shape index (κ3) is 3.82. The molecule has 0 aliphatic heterocycles. The first kappa shape index (κ1) is 21.2. The normalized spacial score (nSPS) is 11.7. The van der Waals surface area contributed by atoms with E-state index in [0.717, 1.165) is 0 Å². The molecule has 1 unspecified atom stereocenters. The Hall–Kier alpha value is -4.09. The molecule has 0 bridgehead atoms. The summed E-state index contributed by atoms with van der Waals surface area (Å²) in [6, 6.07) is 16.0. The number of hydrogen-bond acceptors (Lipinski definition) is 7. The molecule has 0 spiro atoms. The van der Waals surface area contributed by atoms with Crippen LogP contribution in [0.1, 0.15) is 24.2 Å². The van der Waals surface area contributed by atoms with Crippen LogP contribution in [0.15, 0.2) is 59.5 Å². The van der Waals surface area contributed by atoms with Crippen molar-refractivity contribution in [3.63, 3.8) is 0 Å². The van der Waals surface area contributed by atoms with Crippen LogP contribution in [-0.4, -0.2) is 21.6 Å². The van der Waals surface area contributed by atoms with Crippen LogP contribution in [0.2, 0.25) is 5.02 Å². The number of anilines is 2. The van der Waals surface area contributed by atoms with Gasteiger partial charge in [-0.25, -0.2) is 4.98 Å². The number of rotatable bonds is 5. The van der Waals surface area contributed by atoms with Gasteiger partial charge in [-0.2, -0.15) is 10.2 Å². The van der Waals surface area contributed by atoms with Gasteiger partial charge in [0.25, 0.3) is 5.56 Å². The van der Waals surface area contributed by atoms with Gasteiger partial charge in [0, 0.05) is 11.4 Å². The lowest BCUT2D eigenvalue weighted by atomic mass is 10.1. The number of nitrogens with one attached hydrogen (secondary N) is 1. The Morgan fingerprint density at radius 3 is 2.69 bits per heavy atom. The lowest BCUT2D eigenvalue weighted by molar-refractivity contribution is 0.414. The number of methoxy groups -OCH3 is 1. The summed E-state index contributed by atoms with van der Waals surface area (Å²) in [6.07, 6.45) is 1.36. The van der Waals surface area contributed by atoms with Gasteiger partial charge < -0.3 is 15.8 Å². The van der Waals surface area contributed by atoms with E-state index in [0.29, 0.717) is 32.9 Å². The van der Waals surface area contributed by atoms with E-state index in [4.69, 9.17) is 22.1 Å². The van der Waals surface area contributed by atoms with Crippen LogP contribution in [0.3, 0.4) is 0 Å². The molecule has 2 aromatic heterocycles. The fourth-order valence-electron chi connectivity index (χ4n) is 3.52. The monoisotopic (exact) mass is 446 g/mol. The minimum atomic E-state index is -0.422. The van der Waals surface area contributed by atoms with E-state index in [9.17, 15) is 10.1 Å². The maximum absolute atomic E-state index is 13.6. The first-order chi connectivity index (χ1) is 15.4. The van der Waals surface area contributed by atoms with Crippen LogP contribution in [0.4, 0.5) is 11.8 Å². The lowest BCUT2D eigenvalue weighted by Gasteiger charge is -2.22. The zero-order valence-electron chi connectivity index (χ0n) is 17.3. The second kappa shape index (κ2) is 8.57. The average Bonchev–Trinajstić information content (AvgIpc) is 2.79. The standard InChI is InChI=1S/C23H19ClN6O2/c1-13(28-21-15(11-25)12-27-23(26)29-21)19-10-14-4-3-5-18(24)20(14)22(31)30(19)16-6-8-17(32-2)9-7-16/h3-10,12-13H,1-2H3,(H3,26,27,28,29). The highest BCUT2D eigenvalue weighted by molar-refractivity contribution is 6.35. The highest BCUT2D eigenvalue weighted by Gasteiger charge is 2.19. The summed E-state index contributed by atoms with van der Waals surface area (Å²) in [5.41, 5.74) is 6.98. The van der Waals surface area contributed by atoms with Crippen molar-refractivity contribution in [3.05, 3.63) is 81.4 Å². The number of halogens is 1. The van der Waals surface area contributed by atoms with Gasteiger partial charge in [0.2, 0.25) is 5.95 Å². The third-order valence-electron chi connectivity index (χ3n) is 5.08. The predicted molar refractivity (Wildman–Crippen MR) is 124 cm³/mol. The Labute approximate surface area is 188 Å². The Bertz CT molecular complexity index is 1410. The van der Waals surface area contributed by atoms with Crippen molar-refractivity contribution in [2.75, 3.05) is 18.2 Å². The van der Waals surface area contributed by atoms with Crippen molar-refractivity contribution in [2.45, 2.75) is 13.0 Å². The first-order valence-corrected chi connectivity index (χ1v) is 10.1. The van der Waals surface area contributed by atoms with Gasteiger partial charge in [0.15, 0.2) is 0 Å². The Kier molecular flexibility index (Phi) is 5.67. The molecule has 8 nitrogen and oxygen atoms in total. The number of ether oxygens (including phenoxy) is 1. The van der Waals surface area contributed by atoms with Crippen LogP contribution >= 0.6 is 11.6 Å². The molecule has 0 saturated heterocycles. The number of nitrogens with two attached hydrogens (primary N) is 1. The van der Waals surface area contributed by atoms with Crippen molar-refractivity contribution < 1.29 is 4.74 Å². The van der Waals surface area contributed by atoms with Crippen LogP contribution < -0.4 is 21.3 Å². The van der Waals surface area contributed by atoms with E-state index in [2.05, 4.69) is 15.3 Å². The van der Waals surface area contributed by atoms with Crippen molar-refractivity contribution in [2.24, 2.45) is 0 Å². The molecule has 32 heavy (non-hydrogen) atoms. The molecule has 0 aliphatic carbocycles. The molecule has 1 atom stereocenters. The van der Waals surface area contributed by atoms with E-state index in [1.54, 1.807) is 48.1 Å². The van der Waals surface area contributed by atoms with E-state index < -0.39 is 6.04 Å². The molecular weight excluding hydrogens is 428 g/mol. The third-order valence-corrected chi connectivity index (χ3v) is 5.39. The summed E-state index contributed by atoms with van der Waals surface area (Å²) < 4.78 is 6.83. The summed E-state index contributed by atoms with van der Waals surface area (Å²) in [5.74, 6) is 0.993. The van der Waals surface area contributed by atoms with Gasteiger partial charge >= 0.3 is 0 Å². The first-order valence-electron chi connectivity index (χ1n) is 9.70. The SMILES string of the molecule is COc1ccc(-n2c(C(C)Nc3nc(N)ncc3C#N)cc3cccc(Cl)c3c2=O)cc1. The van der Waals surface area contributed by atoms with Crippen molar-refractivity contribution >= 4 is 34.1 Å². The topological polar surface area (TPSA) is 119 Å². The van der Waals surface area contributed by atoms with Crippen LogP contribution in [0.5, 0.6) is 5.75 Å². The summed E-state index contributed by atoms with van der Waals surface area (Å²) in [7, 11) is 1.58. The molecular formula is C23H19ClN6O2. The molecule has 0 amide bonds. The fourth-order valence-corrected chi connectivity index (χ4v) is 3.78. The summed E-state index contributed by atoms with van der Waals surface area (Å²) >= 11 is 6.37. The molecule has 0 saturated carbocycles. The van der Waals surface area contributed by atoms with Crippen LogP contribution in [0, 0.1) is 11.3 Å². The Balaban J connectivity index is 1.92. The Morgan fingerprint density at radius 2 is 2.00 bits per heavy atom. The number of nitrogen functional groups attached to an aromatic ring is 1. The largest absolute Gasteiger partial charge is 0.497 e. The summed E-state index contributed by atoms with van der Waals surface area (Å²) in [5, 5.41) is 14.1. The number of fused-ring (bicyclic) bond motifs is 1. The van der Waals surface area contributed by atoms with E-state index in [1.807, 2.05) is 25.1 Å². The number of benzene rings is 2. The van der Waals surface area contributed by atoms with E-state index in [-0.39, 0.29) is 22.9 Å². The molecule has 4 aromatic rings. The highest BCUT2D eigenvalue weighted by Crippen LogP contribution is 2.28. The van der Waals surface area contributed by atoms with Crippen LogP contribution in [-0.2, 0) is 0 Å². The van der Waals surface area contributed by atoms with Gasteiger partial charge in [-0.05, 0) is 48.7 Å². The summed E-state index contributed by atoms with van der Waals surface area (Å²) in [6.45, 7) is 1.87. The quantitative estimate of drug-likeness (QED) is 0.474. The van der Waals surface area contributed by atoms with Crippen LogP contribution in [0.25, 0.3) is 16.5 Å². The second-order valence-corrected chi connectivity index (χ2v) is 7.49. The van der Waals surface area contributed by atoms with Crippen molar-refractivity contribution in [1.29, 1.82) is 5.26 Å². The van der Waals surface area contributed by atoms with Gasteiger partial charge in [0.05, 0.1) is 29.8 Å². The number of hydrogen-bond donors (Lipinski definition) is 2. The molecule has 2 heterocycles. The molecule has 4 rings (SSSR count). The zero-order chi connectivity index (χ0) is 22.8. The number of pyridine rings is 1. The second-order valence-electron chi connectivity index (χ2n) is 7.08. The van der Waals surface area contributed by atoms with Gasteiger partial charge in [0.1, 0.15) is 23.2 Å². The molecule has 0 fully saturated rings. The number of nitriles is 1. The van der Waals surface area contributed by atoms with Crippen molar-refractivity contribution in [3.8, 4) is 17.5 Å². The Morgan fingerprint density at radius 1 is 1.25 bits per heavy atom. The average molecular weight is 447 g/mol. The molecule has 9 heteroatoms. The summed E-state index contributed by atoms with van der Waals surface area (Å²) in [4.78, 5) is 21.6. The van der Waals surface area contributed by atoms with E-state index >= 15 is 0 Å². The zero-order valence-corrected chi connectivity index (χ0v) is 18.1. The van der Waals surface area contributed by atoms with Gasteiger partial charge in [-0.3, -0.25) is 9.36 Å². The fraction of sp³-hybridized carbons (Fsp3) is 0.130. The van der Waals surface area contributed by atoms with Gasteiger partial charge in [-0.15, -0.1) is 0 Å². The van der Waals surface area contributed by atoms with E-state index in [1.165, 1.54) is 6.20 Å². The number of nitrogens with zero attached hydrogens (tertiary/aromatic N) is 4. The lowest BCUT2D eigenvalue weighted by Crippen LogP contribution is -2.26. The maximum Gasteiger partial charge on any atom is 0.264 e. The molecule has 3 N–H and O–H groups in total. The van der Waals surface area contributed by atoms with Gasteiger partial charge in [-0.1, -0.05) is 23.7 Å². The molecule has 0 radical (unpaired) electrons. The maximum atomic E-state index is 13.6. The minimum absolute atomic E-state index is 0.0385. The highest BCUT2D eigenvalue weighted by atomic mass is 35.5. The molecule has 2 aromatic carbocycles. The number of aromatic nitrogens is 3. The van der Waals surface area contributed by atoms with Crippen molar-refractivity contribution in [1.82, 2.24) is 14.5 Å². The minimum Gasteiger partial charge on any atom is -0.497 e. The predicted octanol–water partition coefficient (Wildman–Crippen LogP) is 4.07. The molecule has 160 valence electrons.